The number of hydrogen-bond donors (Lipinski definition) is 1. The van der Waals surface area contributed by atoms with Gasteiger partial charge in [-0.15, -0.1) is 0 Å². The molecule has 0 amide bonds. The van der Waals surface area contributed by atoms with Crippen molar-refractivity contribution in [2.24, 2.45) is 0 Å². The van der Waals surface area contributed by atoms with E-state index in [1.807, 2.05) is 0 Å². The molecule has 0 saturated carbocycles. The molecule has 0 radical (unpaired) electrons. The van der Waals surface area contributed by atoms with Crippen LogP contribution in [0.15, 0.2) is 49.6 Å². The predicted octanol–water partition coefficient (Wildman–Crippen LogP) is 2.35. The molecular formula is C16H19NO5. The van der Waals surface area contributed by atoms with Crippen molar-refractivity contribution >= 4 is 17.6 Å². The third-order valence-electron chi connectivity index (χ3n) is 2.85. The van der Waals surface area contributed by atoms with E-state index in [-0.39, 0.29) is 5.75 Å². The van der Waals surface area contributed by atoms with Crippen LogP contribution in [0.5, 0.6) is 5.75 Å². The molecular weight excluding hydrogens is 286 g/mol. The van der Waals surface area contributed by atoms with Gasteiger partial charge in [0.15, 0.2) is 12.5 Å². The van der Waals surface area contributed by atoms with Crippen LogP contribution in [0.4, 0.5) is 5.69 Å². The fourth-order valence-corrected chi connectivity index (χ4v) is 1.92. The highest BCUT2D eigenvalue weighted by Gasteiger charge is 2.27. The number of esters is 2. The normalized spacial score (nSPS) is 12.6. The molecule has 1 aromatic carbocycles. The standard InChI is InChI=1S/C16H19NO5/c1-5-15(19)21-11(3)17(12(4)22-16(20)6-2)13-9-7-8-10-14(13)18/h5-12,18H,1-2H2,3-4H3. The van der Waals surface area contributed by atoms with Gasteiger partial charge >= 0.3 is 11.9 Å². The highest BCUT2D eigenvalue weighted by molar-refractivity contribution is 5.82. The average molecular weight is 305 g/mol. The smallest absolute Gasteiger partial charge is 0.332 e. The number of phenols is 1. The van der Waals surface area contributed by atoms with Gasteiger partial charge < -0.3 is 14.6 Å². The van der Waals surface area contributed by atoms with Crippen LogP contribution in [0, 0.1) is 0 Å². The van der Waals surface area contributed by atoms with Gasteiger partial charge in [-0.2, -0.15) is 0 Å². The lowest BCUT2D eigenvalue weighted by atomic mass is 10.2. The van der Waals surface area contributed by atoms with Crippen molar-refractivity contribution < 1.29 is 24.2 Å². The minimum Gasteiger partial charge on any atom is -0.506 e. The van der Waals surface area contributed by atoms with Crippen molar-refractivity contribution in [1.29, 1.82) is 0 Å². The van der Waals surface area contributed by atoms with Crippen LogP contribution in [-0.4, -0.2) is 29.5 Å². The molecule has 1 N–H and O–H groups in total. The Balaban J connectivity index is 3.11. The van der Waals surface area contributed by atoms with Crippen LogP contribution in [0.3, 0.4) is 0 Å². The number of phenolic OH excluding ortho intramolecular Hbond substituents is 1. The Kier molecular flexibility index (Phi) is 6.19. The van der Waals surface area contributed by atoms with E-state index in [1.54, 1.807) is 32.0 Å². The van der Waals surface area contributed by atoms with E-state index in [0.29, 0.717) is 5.69 Å². The van der Waals surface area contributed by atoms with Crippen molar-refractivity contribution in [3.8, 4) is 5.75 Å². The Bertz CT molecular complexity index is 541. The lowest BCUT2D eigenvalue weighted by molar-refractivity contribution is -0.147. The van der Waals surface area contributed by atoms with E-state index in [0.717, 1.165) is 12.2 Å². The molecule has 0 aliphatic heterocycles. The average Bonchev–Trinajstić information content (AvgIpc) is 2.49. The summed E-state index contributed by atoms with van der Waals surface area (Å²) in [6.45, 7) is 9.84. The van der Waals surface area contributed by atoms with Gasteiger partial charge in [0.2, 0.25) is 0 Å². The van der Waals surface area contributed by atoms with Crippen molar-refractivity contribution in [2.45, 2.75) is 26.3 Å². The van der Waals surface area contributed by atoms with E-state index >= 15 is 0 Å². The topological polar surface area (TPSA) is 76.1 Å². The number of rotatable bonds is 7. The summed E-state index contributed by atoms with van der Waals surface area (Å²) in [7, 11) is 0. The zero-order valence-electron chi connectivity index (χ0n) is 12.6. The Morgan fingerprint density at radius 3 is 1.95 bits per heavy atom. The number of carbonyl (C=O) groups is 2. The molecule has 1 rings (SSSR count). The van der Waals surface area contributed by atoms with Gasteiger partial charge in [0, 0.05) is 12.2 Å². The molecule has 0 aliphatic rings. The van der Waals surface area contributed by atoms with Gasteiger partial charge in [-0.25, -0.2) is 9.59 Å². The maximum atomic E-state index is 11.4. The molecule has 0 saturated heterocycles. The molecule has 6 nitrogen and oxygen atoms in total. The number of anilines is 1. The van der Waals surface area contributed by atoms with Crippen LogP contribution >= 0.6 is 0 Å². The molecule has 0 bridgehead atoms. The zero-order valence-corrected chi connectivity index (χ0v) is 12.6. The van der Waals surface area contributed by atoms with Gasteiger partial charge in [0.1, 0.15) is 5.75 Å². The van der Waals surface area contributed by atoms with Gasteiger partial charge in [0.25, 0.3) is 0 Å². The summed E-state index contributed by atoms with van der Waals surface area (Å²) in [5.74, 6) is -1.30. The summed E-state index contributed by atoms with van der Waals surface area (Å²) in [6, 6.07) is 6.45. The van der Waals surface area contributed by atoms with E-state index < -0.39 is 24.4 Å². The first-order valence-corrected chi connectivity index (χ1v) is 6.63. The highest BCUT2D eigenvalue weighted by Crippen LogP contribution is 2.30. The van der Waals surface area contributed by atoms with Crippen LogP contribution in [0.2, 0.25) is 0 Å². The SMILES string of the molecule is C=CC(=O)OC(C)N(c1ccccc1O)C(C)OC(=O)C=C. The lowest BCUT2D eigenvalue weighted by Gasteiger charge is -2.35. The van der Waals surface area contributed by atoms with E-state index in [2.05, 4.69) is 13.2 Å². The van der Waals surface area contributed by atoms with Crippen molar-refractivity contribution in [3.63, 3.8) is 0 Å². The Morgan fingerprint density at radius 2 is 1.55 bits per heavy atom. The molecule has 6 heteroatoms. The van der Waals surface area contributed by atoms with Crippen LogP contribution in [-0.2, 0) is 19.1 Å². The van der Waals surface area contributed by atoms with E-state index in [4.69, 9.17) is 9.47 Å². The quantitative estimate of drug-likeness (QED) is 0.473. The van der Waals surface area contributed by atoms with Crippen molar-refractivity contribution in [3.05, 3.63) is 49.6 Å². The summed E-state index contributed by atoms with van der Waals surface area (Å²) in [5, 5.41) is 10.00. The van der Waals surface area contributed by atoms with Gasteiger partial charge in [0.05, 0.1) is 5.69 Å². The molecule has 118 valence electrons. The summed E-state index contributed by atoms with van der Waals surface area (Å²) >= 11 is 0. The predicted molar refractivity (Wildman–Crippen MR) is 82.1 cm³/mol. The minimum absolute atomic E-state index is 0.0366. The molecule has 22 heavy (non-hydrogen) atoms. The Morgan fingerprint density at radius 1 is 1.09 bits per heavy atom. The number of aromatic hydroxyl groups is 1. The van der Waals surface area contributed by atoms with Crippen molar-refractivity contribution in [2.75, 3.05) is 4.90 Å². The number of ether oxygens (including phenoxy) is 2. The third kappa shape index (κ3) is 4.37. The molecule has 0 fully saturated rings. The monoisotopic (exact) mass is 305 g/mol. The fourth-order valence-electron chi connectivity index (χ4n) is 1.92. The van der Waals surface area contributed by atoms with Gasteiger partial charge in [-0.05, 0) is 26.0 Å². The maximum Gasteiger partial charge on any atom is 0.332 e. The van der Waals surface area contributed by atoms with Crippen molar-refractivity contribution in [1.82, 2.24) is 0 Å². The second kappa shape index (κ2) is 7.87. The fraction of sp³-hybridized carbons (Fsp3) is 0.250. The first kappa shape index (κ1) is 17.3. The van der Waals surface area contributed by atoms with Gasteiger partial charge in [-0.3, -0.25) is 4.90 Å². The number of carbonyl (C=O) groups excluding carboxylic acids is 2. The zero-order chi connectivity index (χ0) is 16.7. The van der Waals surface area contributed by atoms with Crippen LogP contribution in [0.1, 0.15) is 13.8 Å². The molecule has 0 spiro atoms. The largest absolute Gasteiger partial charge is 0.506 e. The molecule has 2 atom stereocenters. The Labute approximate surface area is 129 Å². The number of benzene rings is 1. The summed E-state index contributed by atoms with van der Waals surface area (Å²) in [4.78, 5) is 24.2. The minimum atomic E-state index is -0.800. The molecule has 2 unspecified atom stereocenters. The summed E-state index contributed by atoms with van der Waals surface area (Å²) < 4.78 is 10.3. The number of hydrogen-bond acceptors (Lipinski definition) is 6. The van der Waals surface area contributed by atoms with E-state index in [9.17, 15) is 14.7 Å². The van der Waals surface area contributed by atoms with Crippen LogP contribution < -0.4 is 4.90 Å². The highest BCUT2D eigenvalue weighted by atomic mass is 16.6. The van der Waals surface area contributed by atoms with E-state index in [1.165, 1.54) is 11.0 Å². The molecule has 0 heterocycles. The number of para-hydroxylation sites is 2. The van der Waals surface area contributed by atoms with Gasteiger partial charge in [-0.1, -0.05) is 25.3 Å². The summed E-state index contributed by atoms with van der Waals surface area (Å²) in [5.41, 5.74) is 0.358. The molecule has 0 aromatic heterocycles. The lowest BCUT2D eigenvalue weighted by Crippen LogP contribution is -2.44. The number of nitrogens with zero attached hydrogens (tertiary/aromatic N) is 1. The second-order valence-corrected chi connectivity index (χ2v) is 4.38. The molecule has 1 aromatic rings. The first-order valence-electron chi connectivity index (χ1n) is 6.63. The first-order chi connectivity index (χ1) is 10.4. The second-order valence-electron chi connectivity index (χ2n) is 4.38. The molecule has 0 aliphatic carbocycles. The van der Waals surface area contributed by atoms with Crippen LogP contribution in [0.25, 0.3) is 0 Å². The summed E-state index contributed by atoms with van der Waals surface area (Å²) in [6.07, 6.45) is 0.456. The third-order valence-corrected chi connectivity index (χ3v) is 2.85. The maximum absolute atomic E-state index is 11.4. The Hall–Kier alpha value is -2.76.